The SMILES string of the molecule is CCNc1ccccc1S(=O)(=O)NC1CNC(=O)C1. The normalized spacial score (nSPS) is 19.2. The summed E-state index contributed by atoms with van der Waals surface area (Å²) in [6, 6.07) is 6.33. The molecule has 1 aromatic rings. The largest absolute Gasteiger partial charge is 0.384 e. The monoisotopic (exact) mass is 283 g/mol. The fourth-order valence-electron chi connectivity index (χ4n) is 2.01. The Bertz CT molecular complexity index is 571. The van der Waals surface area contributed by atoms with E-state index in [1.807, 2.05) is 6.92 Å². The maximum absolute atomic E-state index is 12.3. The van der Waals surface area contributed by atoms with Crippen LogP contribution in [0.1, 0.15) is 13.3 Å². The number of rotatable bonds is 5. The van der Waals surface area contributed by atoms with Crippen LogP contribution in [0.25, 0.3) is 0 Å². The van der Waals surface area contributed by atoms with Gasteiger partial charge in [0, 0.05) is 25.6 Å². The minimum absolute atomic E-state index is 0.132. The number of benzene rings is 1. The molecule has 0 spiro atoms. The topological polar surface area (TPSA) is 87.3 Å². The second-order valence-electron chi connectivity index (χ2n) is 4.35. The fourth-order valence-corrected chi connectivity index (χ4v) is 3.43. The van der Waals surface area contributed by atoms with E-state index in [2.05, 4.69) is 15.4 Å². The molecule has 1 saturated heterocycles. The summed E-state index contributed by atoms with van der Waals surface area (Å²) in [5.74, 6) is -0.132. The van der Waals surface area contributed by atoms with Gasteiger partial charge in [0.05, 0.1) is 5.69 Å². The molecule has 6 nitrogen and oxygen atoms in total. The first-order valence-corrected chi connectivity index (χ1v) is 7.63. The molecule has 1 unspecified atom stereocenters. The van der Waals surface area contributed by atoms with Crippen molar-refractivity contribution < 1.29 is 13.2 Å². The van der Waals surface area contributed by atoms with Crippen LogP contribution in [0.4, 0.5) is 5.69 Å². The van der Waals surface area contributed by atoms with Crippen LogP contribution in [0, 0.1) is 0 Å². The molecule has 0 aliphatic carbocycles. The first-order valence-electron chi connectivity index (χ1n) is 6.15. The number of carbonyl (C=O) groups is 1. The molecular weight excluding hydrogens is 266 g/mol. The highest BCUT2D eigenvalue weighted by atomic mass is 32.2. The van der Waals surface area contributed by atoms with Gasteiger partial charge in [-0.3, -0.25) is 4.79 Å². The van der Waals surface area contributed by atoms with Gasteiger partial charge in [-0.15, -0.1) is 0 Å². The van der Waals surface area contributed by atoms with Crippen LogP contribution in [0.3, 0.4) is 0 Å². The number of hydrogen-bond acceptors (Lipinski definition) is 4. The zero-order valence-electron chi connectivity index (χ0n) is 10.6. The van der Waals surface area contributed by atoms with E-state index in [4.69, 9.17) is 0 Å². The quantitative estimate of drug-likeness (QED) is 0.724. The van der Waals surface area contributed by atoms with E-state index in [-0.39, 0.29) is 23.3 Å². The van der Waals surface area contributed by atoms with Crippen molar-refractivity contribution in [3.05, 3.63) is 24.3 Å². The predicted octanol–water partition coefficient (Wildman–Crippen LogP) is 0.285. The minimum Gasteiger partial charge on any atom is -0.384 e. The molecule has 1 aliphatic rings. The number of anilines is 1. The van der Waals surface area contributed by atoms with Gasteiger partial charge in [-0.05, 0) is 19.1 Å². The fraction of sp³-hybridized carbons (Fsp3) is 0.417. The van der Waals surface area contributed by atoms with Crippen molar-refractivity contribution >= 4 is 21.6 Å². The molecule has 1 amide bonds. The third kappa shape index (κ3) is 3.24. The summed E-state index contributed by atoms with van der Waals surface area (Å²) in [5, 5.41) is 5.62. The van der Waals surface area contributed by atoms with E-state index in [0.717, 1.165) is 0 Å². The van der Waals surface area contributed by atoms with Crippen molar-refractivity contribution in [1.82, 2.24) is 10.0 Å². The van der Waals surface area contributed by atoms with E-state index in [9.17, 15) is 13.2 Å². The first-order chi connectivity index (χ1) is 9.03. The minimum atomic E-state index is -3.62. The third-order valence-electron chi connectivity index (χ3n) is 2.84. The molecule has 0 radical (unpaired) electrons. The van der Waals surface area contributed by atoms with Crippen molar-refractivity contribution in [3.8, 4) is 0 Å². The van der Waals surface area contributed by atoms with Crippen LogP contribution in [0.2, 0.25) is 0 Å². The molecule has 2 rings (SSSR count). The highest BCUT2D eigenvalue weighted by Crippen LogP contribution is 2.21. The third-order valence-corrected chi connectivity index (χ3v) is 4.42. The lowest BCUT2D eigenvalue weighted by atomic mass is 10.3. The van der Waals surface area contributed by atoms with Gasteiger partial charge in [0.25, 0.3) is 0 Å². The molecule has 0 aromatic heterocycles. The standard InChI is InChI=1S/C12H17N3O3S/c1-2-13-10-5-3-4-6-11(10)19(17,18)15-9-7-12(16)14-8-9/h3-6,9,13,15H,2,7-8H2,1H3,(H,14,16). The predicted molar refractivity (Wildman–Crippen MR) is 72.3 cm³/mol. The van der Waals surface area contributed by atoms with Crippen LogP contribution in [0.5, 0.6) is 0 Å². The molecule has 1 aliphatic heterocycles. The summed E-state index contributed by atoms with van der Waals surface area (Å²) in [5.41, 5.74) is 0.565. The van der Waals surface area contributed by atoms with Gasteiger partial charge >= 0.3 is 0 Å². The van der Waals surface area contributed by atoms with Crippen LogP contribution in [-0.2, 0) is 14.8 Å². The summed E-state index contributed by atoms with van der Waals surface area (Å²) in [6.07, 6.45) is 0.183. The van der Waals surface area contributed by atoms with E-state index in [0.29, 0.717) is 18.8 Å². The van der Waals surface area contributed by atoms with Gasteiger partial charge in [0.2, 0.25) is 15.9 Å². The lowest BCUT2D eigenvalue weighted by molar-refractivity contribution is -0.119. The second kappa shape index (κ2) is 5.58. The van der Waals surface area contributed by atoms with Gasteiger partial charge in [0.15, 0.2) is 0 Å². The molecule has 0 saturated carbocycles. The Morgan fingerprint density at radius 1 is 1.37 bits per heavy atom. The van der Waals surface area contributed by atoms with Crippen molar-refractivity contribution in [2.24, 2.45) is 0 Å². The molecule has 1 aromatic carbocycles. The van der Waals surface area contributed by atoms with Crippen molar-refractivity contribution in [2.45, 2.75) is 24.3 Å². The molecule has 0 bridgehead atoms. The Labute approximate surface area is 112 Å². The van der Waals surface area contributed by atoms with Gasteiger partial charge in [-0.2, -0.15) is 0 Å². The molecule has 7 heteroatoms. The van der Waals surface area contributed by atoms with Crippen LogP contribution >= 0.6 is 0 Å². The molecule has 104 valence electrons. The Morgan fingerprint density at radius 3 is 2.74 bits per heavy atom. The summed E-state index contributed by atoms with van der Waals surface area (Å²) >= 11 is 0. The first kappa shape index (κ1) is 13.8. The maximum atomic E-state index is 12.3. The molecule has 1 atom stereocenters. The van der Waals surface area contributed by atoms with E-state index < -0.39 is 10.0 Å². The van der Waals surface area contributed by atoms with Crippen LogP contribution < -0.4 is 15.4 Å². The number of sulfonamides is 1. The number of para-hydroxylation sites is 1. The average Bonchev–Trinajstić information content (AvgIpc) is 2.75. The molecular formula is C12H17N3O3S. The van der Waals surface area contributed by atoms with Crippen LogP contribution in [-0.4, -0.2) is 33.5 Å². The highest BCUT2D eigenvalue weighted by molar-refractivity contribution is 7.89. The summed E-state index contributed by atoms with van der Waals surface area (Å²) in [4.78, 5) is 11.3. The number of nitrogens with one attached hydrogen (secondary N) is 3. The lowest BCUT2D eigenvalue weighted by Gasteiger charge is -2.14. The van der Waals surface area contributed by atoms with Gasteiger partial charge < -0.3 is 10.6 Å². The van der Waals surface area contributed by atoms with Crippen molar-refractivity contribution in [2.75, 3.05) is 18.4 Å². The number of amides is 1. The molecule has 1 fully saturated rings. The molecule has 3 N–H and O–H groups in total. The van der Waals surface area contributed by atoms with E-state index in [1.54, 1.807) is 24.3 Å². The Kier molecular flexibility index (Phi) is 4.06. The Hall–Kier alpha value is -1.60. The lowest BCUT2D eigenvalue weighted by Crippen LogP contribution is -2.36. The van der Waals surface area contributed by atoms with Crippen molar-refractivity contribution in [3.63, 3.8) is 0 Å². The zero-order valence-corrected chi connectivity index (χ0v) is 11.5. The summed E-state index contributed by atoms with van der Waals surface area (Å²) in [7, 11) is -3.62. The maximum Gasteiger partial charge on any atom is 0.242 e. The van der Waals surface area contributed by atoms with Gasteiger partial charge in [0.1, 0.15) is 4.90 Å². The number of hydrogen-bond donors (Lipinski definition) is 3. The summed E-state index contributed by atoms with van der Waals surface area (Å²) < 4.78 is 27.2. The second-order valence-corrected chi connectivity index (χ2v) is 6.04. The smallest absolute Gasteiger partial charge is 0.242 e. The van der Waals surface area contributed by atoms with Gasteiger partial charge in [-0.25, -0.2) is 13.1 Å². The van der Waals surface area contributed by atoms with Crippen molar-refractivity contribution in [1.29, 1.82) is 0 Å². The van der Waals surface area contributed by atoms with Gasteiger partial charge in [-0.1, -0.05) is 12.1 Å². The molecule has 19 heavy (non-hydrogen) atoms. The number of carbonyl (C=O) groups excluding carboxylic acids is 1. The Balaban J connectivity index is 2.21. The highest BCUT2D eigenvalue weighted by Gasteiger charge is 2.27. The van der Waals surface area contributed by atoms with E-state index >= 15 is 0 Å². The van der Waals surface area contributed by atoms with Crippen LogP contribution in [0.15, 0.2) is 29.2 Å². The zero-order chi connectivity index (χ0) is 13.9. The average molecular weight is 283 g/mol. The van der Waals surface area contributed by atoms with E-state index in [1.165, 1.54) is 0 Å². The Morgan fingerprint density at radius 2 is 2.11 bits per heavy atom. The molecule has 1 heterocycles. The summed E-state index contributed by atoms with van der Waals surface area (Å²) in [6.45, 7) is 2.87.